The number of carbonyl (C=O) groups excluding carboxylic acids is 2. The van der Waals surface area contributed by atoms with Gasteiger partial charge in [-0.2, -0.15) is 0 Å². The minimum Gasteiger partial charge on any atom is -0.354 e. The van der Waals surface area contributed by atoms with E-state index in [0.29, 0.717) is 13.0 Å². The quantitative estimate of drug-likeness (QED) is 0.455. The van der Waals surface area contributed by atoms with Crippen LogP contribution in [0.4, 0.5) is 4.39 Å². The van der Waals surface area contributed by atoms with E-state index in [1.54, 1.807) is 17.0 Å². The van der Waals surface area contributed by atoms with Gasteiger partial charge in [0.15, 0.2) is 0 Å². The molecule has 0 aromatic heterocycles. The first-order chi connectivity index (χ1) is 16.4. The van der Waals surface area contributed by atoms with Crippen molar-refractivity contribution in [1.82, 2.24) is 10.2 Å². The van der Waals surface area contributed by atoms with Crippen molar-refractivity contribution >= 4 is 11.8 Å². The maximum absolute atomic E-state index is 13.7. The Morgan fingerprint density at radius 3 is 2.15 bits per heavy atom. The molecule has 5 heteroatoms. The smallest absolute Gasteiger partial charge is 0.243 e. The van der Waals surface area contributed by atoms with Crippen molar-refractivity contribution in [2.75, 3.05) is 6.54 Å². The van der Waals surface area contributed by atoms with Gasteiger partial charge in [-0.1, -0.05) is 78.7 Å². The van der Waals surface area contributed by atoms with Crippen LogP contribution in [0.5, 0.6) is 0 Å². The highest BCUT2D eigenvalue weighted by molar-refractivity contribution is 5.88. The van der Waals surface area contributed by atoms with Crippen molar-refractivity contribution in [3.8, 4) is 0 Å². The molecule has 1 atom stereocenters. The summed E-state index contributed by atoms with van der Waals surface area (Å²) in [5, 5.41) is 2.97. The zero-order valence-electron chi connectivity index (χ0n) is 20.2. The Hall–Kier alpha value is -3.47. The second kappa shape index (κ2) is 12.1. The number of benzene rings is 3. The van der Waals surface area contributed by atoms with E-state index in [9.17, 15) is 14.0 Å². The highest BCUT2D eigenvalue weighted by Gasteiger charge is 2.30. The molecule has 0 saturated heterocycles. The number of hydrogen-bond acceptors (Lipinski definition) is 2. The fourth-order valence-electron chi connectivity index (χ4n) is 4.15. The maximum Gasteiger partial charge on any atom is 0.243 e. The molecule has 0 radical (unpaired) electrons. The van der Waals surface area contributed by atoms with Crippen LogP contribution in [-0.2, 0) is 29.0 Å². The van der Waals surface area contributed by atoms with Crippen LogP contribution in [0.25, 0.3) is 0 Å². The molecule has 0 saturated carbocycles. The minimum atomic E-state index is -0.683. The first-order valence-corrected chi connectivity index (χ1v) is 11.8. The molecule has 34 heavy (non-hydrogen) atoms. The van der Waals surface area contributed by atoms with E-state index < -0.39 is 6.04 Å². The third-order valence-corrected chi connectivity index (χ3v) is 5.72. The van der Waals surface area contributed by atoms with Crippen molar-refractivity contribution in [2.24, 2.45) is 0 Å². The SMILES string of the molecule is CCCNC(=O)[C@@H](Cc1ccccc1)N(Cc1ccc(F)cc1)C(=O)Cc1cc(C)cc(C)c1. The number of nitrogens with zero attached hydrogens (tertiary/aromatic N) is 1. The molecule has 0 aliphatic heterocycles. The molecular weight excluding hydrogens is 427 g/mol. The molecule has 3 aromatic rings. The average molecular weight is 461 g/mol. The molecule has 1 N–H and O–H groups in total. The van der Waals surface area contributed by atoms with Crippen LogP contribution >= 0.6 is 0 Å². The van der Waals surface area contributed by atoms with Gasteiger partial charge in [0.05, 0.1) is 6.42 Å². The van der Waals surface area contributed by atoms with E-state index in [4.69, 9.17) is 0 Å². The Bertz CT molecular complexity index is 1080. The summed E-state index contributed by atoms with van der Waals surface area (Å²) in [6.45, 7) is 6.77. The lowest BCUT2D eigenvalue weighted by Crippen LogP contribution is -2.51. The third kappa shape index (κ3) is 7.27. The fourth-order valence-corrected chi connectivity index (χ4v) is 4.15. The van der Waals surface area contributed by atoms with E-state index >= 15 is 0 Å². The Balaban J connectivity index is 1.96. The zero-order chi connectivity index (χ0) is 24.5. The van der Waals surface area contributed by atoms with Crippen molar-refractivity contribution in [2.45, 2.75) is 52.6 Å². The maximum atomic E-state index is 13.7. The number of aryl methyl sites for hydroxylation is 2. The van der Waals surface area contributed by atoms with Gasteiger partial charge in [-0.15, -0.1) is 0 Å². The fraction of sp³-hybridized carbons (Fsp3) is 0.310. The molecule has 0 aliphatic rings. The number of hydrogen-bond donors (Lipinski definition) is 1. The summed E-state index contributed by atoms with van der Waals surface area (Å²) in [5.41, 5.74) is 4.85. The molecule has 2 amide bonds. The third-order valence-electron chi connectivity index (χ3n) is 5.72. The Morgan fingerprint density at radius 2 is 1.53 bits per heavy atom. The molecule has 3 aromatic carbocycles. The molecule has 178 valence electrons. The molecule has 4 nitrogen and oxygen atoms in total. The number of nitrogens with one attached hydrogen (secondary N) is 1. The molecule has 0 spiro atoms. The van der Waals surface area contributed by atoms with Gasteiger partial charge in [0.2, 0.25) is 11.8 Å². The summed E-state index contributed by atoms with van der Waals surface area (Å²) in [6, 6.07) is 21.2. The van der Waals surface area contributed by atoms with Gasteiger partial charge >= 0.3 is 0 Å². The van der Waals surface area contributed by atoms with E-state index in [-0.39, 0.29) is 30.6 Å². The first kappa shape index (κ1) is 25.2. The second-order valence-electron chi connectivity index (χ2n) is 8.82. The Morgan fingerprint density at radius 1 is 0.882 bits per heavy atom. The molecule has 0 unspecified atom stereocenters. The Labute approximate surface area is 201 Å². The van der Waals surface area contributed by atoms with Crippen LogP contribution in [0.2, 0.25) is 0 Å². The van der Waals surface area contributed by atoms with Gasteiger partial charge in [-0.3, -0.25) is 9.59 Å². The topological polar surface area (TPSA) is 49.4 Å². The van der Waals surface area contributed by atoms with Gasteiger partial charge < -0.3 is 10.2 Å². The molecule has 0 fully saturated rings. The van der Waals surface area contributed by atoms with Crippen molar-refractivity contribution < 1.29 is 14.0 Å². The van der Waals surface area contributed by atoms with Gasteiger partial charge in [-0.25, -0.2) is 4.39 Å². The van der Waals surface area contributed by atoms with Crippen LogP contribution < -0.4 is 5.32 Å². The predicted octanol–water partition coefficient (Wildman–Crippen LogP) is 5.15. The van der Waals surface area contributed by atoms with E-state index in [0.717, 1.165) is 34.2 Å². The summed E-state index contributed by atoms with van der Waals surface area (Å²) in [7, 11) is 0. The molecule has 0 bridgehead atoms. The van der Waals surface area contributed by atoms with E-state index in [1.165, 1.54) is 12.1 Å². The largest absolute Gasteiger partial charge is 0.354 e. The number of carbonyl (C=O) groups is 2. The van der Waals surface area contributed by atoms with Gasteiger partial charge in [-0.05, 0) is 49.1 Å². The highest BCUT2D eigenvalue weighted by Crippen LogP contribution is 2.18. The first-order valence-electron chi connectivity index (χ1n) is 11.8. The van der Waals surface area contributed by atoms with Crippen molar-refractivity contribution in [3.05, 3.63) is 106 Å². The Kier molecular flexibility index (Phi) is 8.97. The lowest BCUT2D eigenvalue weighted by Gasteiger charge is -2.32. The number of halogens is 1. The lowest BCUT2D eigenvalue weighted by molar-refractivity contribution is -0.140. The van der Waals surface area contributed by atoms with E-state index in [2.05, 4.69) is 11.4 Å². The number of amides is 2. The standard InChI is InChI=1S/C29H33FN2O2/c1-4-14-31-29(34)27(18-23-8-6-5-7-9-23)32(20-24-10-12-26(30)13-11-24)28(33)19-25-16-21(2)15-22(3)17-25/h5-13,15-17,27H,4,14,18-20H2,1-3H3,(H,31,34)/t27-/m1/s1. The second-order valence-corrected chi connectivity index (χ2v) is 8.82. The van der Waals surface area contributed by atoms with Crippen LogP contribution in [-0.4, -0.2) is 29.3 Å². The molecule has 0 aliphatic carbocycles. The van der Waals surface area contributed by atoms with E-state index in [1.807, 2.05) is 63.2 Å². The van der Waals surface area contributed by atoms with Gasteiger partial charge in [0.25, 0.3) is 0 Å². The predicted molar refractivity (Wildman–Crippen MR) is 134 cm³/mol. The summed E-state index contributed by atoms with van der Waals surface area (Å²) in [6.07, 6.45) is 1.39. The lowest BCUT2D eigenvalue weighted by atomic mass is 10.0. The monoisotopic (exact) mass is 460 g/mol. The highest BCUT2D eigenvalue weighted by atomic mass is 19.1. The summed E-state index contributed by atoms with van der Waals surface area (Å²) in [5.74, 6) is -0.651. The van der Waals surface area contributed by atoms with Crippen LogP contribution in [0, 0.1) is 19.7 Å². The van der Waals surface area contributed by atoms with Crippen LogP contribution in [0.15, 0.2) is 72.8 Å². The van der Waals surface area contributed by atoms with Crippen LogP contribution in [0.1, 0.15) is 41.2 Å². The summed E-state index contributed by atoms with van der Waals surface area (Å²) >= 11 is 0. The summed E-state index contributed by atoms with van der Waals surface area (Å²) < 4.78 is 13.5. The number of rotatable bonds is 10. The van der Waals surface area contributed by atoms with Crippen molar-refractivity contribution in [3.63, 3.8) is 0 Å². The average Bonchev–Trinajstić information content (AvgIpc) is 2.81. The van der Waals surface area contributed by atoms with Crippen molar-refractivity contribution in [1.29, 1.82) is 0 Å². The van der Waals surface area contributed by atoms with Gasteiger partial charge in [0, 0.05) is 19.5 Å². The zero-order valence-corrected chi connectivity index (χ0v) is 20.2. The molecule has 3 rings (SSSR count). The normalized spacial score (nSPS) is 11.6. The van der Waals surface area contributed by atoms with Gasteiger partial charge in [0.1, 0.15) is 11.9 Å². The molecule has 0 heterocycles. The molecular formula is C29H33FN2O2. The van der Waals surface area contributed by atoms with Crippen LogP contribution in [0.3, 0.4) is 0 Å². The minimum absolute atomic E-state index is 0.137. The summed E-state index contributed by atoms with van der Waals surface area (Å²) in [4.78, 5) is 28.6.